The van der Waals surface area contributed by atoms with Crippen LogP contribution >= 0.6 is 0 Å². The summed E-state index contributed by atoms with van der Waals surface area (Å²) >= 11 is 0. The number of ether oxygens (including phenoxy) is 1. The number of benzene rings is 2. The molecule has 0 unspecified atom stereocenters. The van der Waals surface area contributed by atoms with Crippen LogP contribution < -0.4 is 10.6 Å². The molecule has 188 valence electrons. The first kappa shape index (κ1) is 26.1. The van der Waals surface area contributed by atoms with Gasteiger partial charge in [0.25, 0.3) is 0 Å². The lowest BCUT2D eigenvalue weighted by molar-refractivity contribution is -0.164. The Balaban J connectivity index is 1.25. The van der Waals surface area contributed by atoms with Crippen LogP contribution in [-0.2, 0) is 14.3 Å². The van der Waals surface area contributed by atoms with Gasteiger partial charge in [-0.3, -0.25) is 4.79 Å². The van der Waals surface area contributed by atoms with Crippen molar-refractivity contribution >= 4 is 18.0 Å². The lowest BCUT2D eigenvalue weighted by Crippen LogP contribution is -2.42. The quantitative estimate of drug-likeness (QED) is 0.355. The van der Waals surface area contributed by atoms with E-state index in [2.05, 4.69) is 29.6 Å². The molecule has 0 bridgehead atoms. The average molecular weight is 489 g/mol. The fraction of sp³-hybridized carbons (Fsp3) is 0.423. The number of hydrogen-bond donors (Lipinski definition) is 3. The van der Waals surface area contributed by atoms with Gasteiger partial charge in [0.1, 0.15) is 6.61 Å². The molecule has 2 aromatic carbocycles. The van der Waals surface area contributed by atoms with Crippen molar-refractivity contribution in [3.63, 3.8) is 0 Å². The van der Waals surface area contributed by atoms with Gasteiger partial charge in [-0.2, -0.15) is 8.78 Å². The molecule has 0 spiro atoms. The molecule has 0 atom stereocenters. The van der Waals surface area contributed by atoms with E-state index in [1.165, 1.54) is 11.1 Å². The normalized spacial score (nSPS) is 12.5. The molecule has 0 fully saturated rings. The topological polar surface area (TPSA) is 105 Å². The molecule has 0 radical (unpaired) electrons. The summed E-state index contributed by atoms with van der Waals surface area (Å²) in [6.45, 7) is -0.468. The lowest BCUT2D eigenvalue weighted by Gasteiger charge is -2.14. The van der Waals surface area contributed by atoms with E-state index in [1.54, 1.807) is 0 Å². The highest BCUT2D eigenvalue weighted by Crippen LogP contribution is 2.44. The van der Waals surface area contributed by atoms with Crippen LogP contribution in [0.4, 0.5) is 13.6 Å². The fourth-order valence-corrected chi connectivity index (χ4v) is 4.15. The van der Waals surface area contributed by atoms with Crippen LogP contribution in [0.25, 0.3) is 11.1 Å². The first-order chi connectivity index (χ1) is 16.8. The number of unbranched alkanes of at least 4 members (excludes halogenated alkanes) is 4. The van der Waals surface area contributed by atoms with Crippen LogP contribution in [0.1, 0.15) is 55.6 Å². The zero-order valence-corrected chi connectivity index (χ0v) is 19.4. The number of aliphatic carboxylic acids is 1. The van der Waals surface area contributed by atoms with E-state index >= 15 is 0 Å². The summed E-state index contributed by atoms with van der Waals surface area (Å²) in [5.41, 5.74) is 4.66. The Morgan fingerprint density at radius 1 is 0.857 bits per heavy atom. The number of carboxylic acid groups (broad SMARTS) is 1. The molecule has 35 heavy (non-hydrogen) atoms. The van der Waals surface area contributed by atoms with Gasteiger partial charge in [-0.15, -0.1) is 0 Å². The van der Waals surface area contributed by atoms with Crippen molar-refractivity contribution in [1.29, 1.82) is 0 Å². The van der Waals surface area contributed by atoms with Crippen LogP contribution in [0.15, 0.2) is 48.5 Å². The van der Waals surface area contributed by atoms with Gasteiger partial charge >= 0.3 is 18.0 Å². The molecule has 2 amide bonds. The molecule has 0 saturated heterocycles. The summed E-state index contributed by atoms with van der Waals surface area (Å²) in [6, 6.07) is 16.3. The van der Waals surface area contributed by atoms with Crippen molar-refractivity contribution in [2.45, 2.75) is 50.4 Å². The van der Waals surface area contributed by atoms with Gasteiger partial charge in [-0.1, -0.05) is 67.8 Å². The average Bonchev–Trinajstić information content (AvgIpc) is 3.16. The Hall–Kier alpha value is -3.49. The maximum absolute atomic E-state index is 12.9. The molecule has 3 rings (SSSR count). The molecule has 0 aliphatic heterocycles. The Kier molecular flexibility index (Phi) is 9.17. The smallest absolute Gasteiger partial charge is 0.407 e. The van der Waals surface area contributed by atoms with E-state index in [0.717, 1.165) is 36.8 Å². The van der Waals surface area contributed by atoms with Crippen molar-refractivity contribution in [3.05, 3.63) is 59.7 Å². The van der Waals surface area contributed by atoms with E-state index in [9.17, 15) is 23.2 Å². The molecule has 1 aliphatic rings. The van der Waals surface area contributed by atoms with E-state index in [4.69, 9.17) is 9.84 Å². The Morgan fingerprint density at radius 3 is 2.06 bits per heavy atom. The molecule has 0 heterocycles. The van der Waals surface area contributed by atoms with Crippen molar-refractivity contribution in [2.75, 3.05) is 19.7 Å². The van der Waals surface area contributed by atoms with E-state index in [0.29, 0.717) is 13.0 Å². The number of carboxylic acids is 1. The Bertz CT molecular complexity index is 998. The summed E-state index contributed by atoms with van der Waals surface area (Å²) < 4.78 is 31.3. The highest BCUT2D eigenvalue weighted by Gasteiger charge is 2.38. The van der Waals surface area contributed by atoms with Gasteiger partial charge in [0.2, 0.25) is 5.91 Å². The van der Waals surface area contributed by atoms with Gasteiger partial charge in [-0.05, 0) is 35.1 Å². The predicted molar refractivity (Wildman–Crippen MR) is 126 cm³/mol. The number of alkyl halides is 2. The number of hydrogen-bond acceptors (Lipinski definition) is 4. The van der Waals surface area contributed by atoms with Crippen LogP contribution in [0, 0.1) is 0 Å². The summed E-state index contributed by atoms with van der Waals surface area (Å²) in [5, 5.41) is 13.0. The molecule has 0 saturated carbocycles. The summed E-state index contributed by atoms with van der Waals surface area (Å²) in [4.78, 5) is 34.0. The molecule has 9 heteroatoms. The predicted octanol–water partition coefficient (Wildman–Crippen LogP) is 4.70. The number of carbonyl (C=O) groups excluding carboxylic acids is 2. The van der Waals surface area contributed by atoms with Gasteiger partial charge in [0.05, 0.1) is 6.54 Å². The largest absolute Gasteiger partial charge is 0.477 e. The minimum absolute atomic E-state index is 0.0145. The number of alkyl carbamates (subject to hydrolysis) is 1. The molecule has 0 aromatic heterocycles. The third kappa shape index (κ3) is 7.24. The van der Waals surface area contributed by atoms with Crippen LogP contribution in [0.5, 0.6) is 0 Å². The van der Waals surface area contributed by atoms with Crippen molar-refractivity contribution in [2.24, 2.45) is 0 Å². The second-order valence-electron chi connectivity index (χ2n) is 8.56. The van der Waals surface area contributed by atoms with Gasteiger partial charge < -0.3 is 20.5 Å². The summed E-state index contributed by atoms with van der Waals surface area (Å²) in [5.74, 6) is -6.80. The van der Waals surface area contributed by atoms with Crippen molar-refractivity contribution in [1.82, 2.24) is 10.6 Å². The number of rotatable bonds is 13. The van der Waals surface area contributed by atoms with Gasteiger partial charge in [0, 0.05) is 18.9 Å². The fourth-order valence-electron chi connectivity index (χ4n) is 4.15. The number of fused-ring (bicyclic) bond motifs is 3. The molecule has 2 aromatic rings. The molecular weight excluding hydrogens is 458 g/mol. The maximum atomic E-state index is 12.9. The van der Waals surface area contributed by atoms with E-state index in [1.807, 2.05) is 29.6 Å². The Labute approximate surface area is 202 Å². The van der Waals surface area contributed by atoms with Crippen LogP contribution in [0.3, 0.4) is 0 Å². The number of nitrogens with one attached hydrogen (secondary N) is 2. The first-order valence-electron chi connectivity index (χ1n) is 11.8. The Morgan fingerprint density at radius 2 is 1.43 bits per heavy atom. The third-order valence-electron chi connectivity index (χ3n) is 6.01. The summed E-state index contributed by atoms with van der Waals surface area (Å²) in [6.07, 6.45) is 3.27. The number of amides is 2. The SMILES string of the molecule is O=C(CCCCCCCNC(=O)OCC1c2ccccc2-c2ccccc21)NCC(F)(F)C(=O)O. The van der Waals surface area contributed by atoms with E-state index in [-0.39, 0.29) is 18.9 Å². The molecule has 7 nitrogen and oxygen atoms in total. The van der Waals surface area contributed by atoms with E-state index < -0.39 is 30.4 Å². The minimum atomic E-state index is -3.96. The van der Waals surface area contributed by atoms with Crippen LogP contribution in [0.2, 0.25) is 0 Å². The van der Waals surface area contributed by atoms with Crippen molar-refractivity contribution in [3.8, 4) is 11.1 Å². The lowest BCUT2D eigenvalue weighted by atomic mass is 9.98. The zero-order valence-electron chi connectivity index (χ0n) is 19.4. The minimum Gasteiger partial charge on any atom is -0.477 e. The monoisotopic (exact) mass is 488 g/mol. The van der Waals surface area contributed by atoms with Crippen molar-refractivity contribution < 1.29 is 33.0 Å². The van der Waals surface area contributed by atoms with Gasteiger partial charge in [0.15, 0.2) is 0 Å². The highest BCUT2D eigenvalue weighted by atomic mass is 19.3. The standard InChI is InChI=1S/C26H30F2N2O5/c27-26(28,24(32)33)17-30-23(31)14-4-2-1-3-9-15-29-25(34)35-16-22-20-12-7-5-10-18(20)19-11-6-8-13-21(19)22/h5-8,10-13,22H,1-4,9,14-17H2,(H,29,34)(H,30,31)(H,32,33). The first-order valence-corrected chi connectivity index (χ1v) is 11.8. The van der Waals surface area contributed by atoms with Gasteiger partial charge in [-0.25, -0.2) is 9.59 Å². The molecule has 3 N–H and O–H groups in total. The number of halogens is 2. The number of carbonyl (C=O) groups is 3. The highest BCUT2D eigenvalue weighted by molar-refractivity contribution is 5.80. The maximum Gasteiger partial charge on any atom is 0.407 e. The second kappa shape index (κ2) is 12.3. The van der Waals surface area contributed by atoms with Crippen LogP contribution in [-0.4, -0.2) is 48.7 Å². The molecular formula is C26H30F2N2O5. The second-order valence-corrected chi connectivity index (χ2v) is 8.56. The zero-order chi connectivity index (χ0) is 25.3. The third-order valence-corrected chi connectivity index (χ3v) is 6.01. The summed E-state index contributed by atoms with van der Waals surface area (Å²) in [7, 11) is 0. The molecule has 1 aliphatic carbocycles.